The molecule has 1 aliphatic rings. The minimum Gasteiger partial charge on any atom is -0.444 e. The summed E-state index contributed by atoms with van der Waals surface area (Å²) in [5, 5.41) is 12.8. The van der Waals surface area contributed by atoms with Crippen molar-refractivity contribution >= 4 is 45.9 Å². The molecule has 8 nitrogen and oxygen atoms in total. The lowest BCUT2D eigenvalue weighted by molar-refractivity contribution is 0.0522. The van der Waals surface area contributed by atoms with Gasteiger partial charge in [0, 0.05) is 35.1 Å². The Bertz CT molecular complexity index is 1720. The molecule has 3 aromatic carbocycles. The van der Waals surface area contributed by atoms with E-state index in [1.54, 1.807) is 6.33 Å². The first-order valence-corrected chi connectivity index (χ1v) is 13.7. The van der Waals surface area contributed by atoms with Gasteiger partial charge in [0.15, 0.2) is 0 Å². The van der Waals surface area contributed by atoms with Crippen LogP contribution in [0, 0.1) is 0 Å². The Labute approximate surface area is 238 Å². The number of carbonyl (C=O) groups is 1. The molecule has 0 aliphatic heterocycles. The third-order valence-electron chi connectivity index (χ3n) is 7.40. The van der Waals surface area contributed by atoms with Gasteiger partial charge in [-0.1, -0.05) is 48.0 Å². The fourth-order valence-corrected chi connectivity index (χ4v) is 5.25. The van der Waals surface area contributed by atoms with Crippen LogP contribution in [-0.4, -0.2) is 44.9 Å². The summed E-state index contributed by atoms with van der Waals surface area (Å²) in [7, 11) is 2.00. The molecule has 0 atom stereocenters. The zero-order chi connectivity index (χ0) is 28.1. The lowest BCUT2D eigenvalue weighted by Gasteiger charge is -2.22. The van der Waals surface area contributed by atoms with Crippen LogP contribution in [0.3, 0.4) is 0 Å². The van der Waals surface area contributed by atoms with Crippen molar-refractivity contribution in [2.45, 2.75) is 44.6 Å². The zero-order valence-corrected chi connectivity index (χ0v) is 23.7. The fraction of sp³-hybridized carbons (Fsp3) is 0.290. The second-order valence-corrected chi connectivity index (χ2v) is 11.9. The van der Waals surface area contributed by atoms with E-state index < -0.39 is 5.60 Å². The van der Waals surface area contributed by atoms with Gasteiger partial charge in [-0.15, -0.1) is 10.2 Å². The number of hydrogen-bond acceptors (Lipinski definition) is 6. The molecule has 2 aromatic heterocycles. The topological polar surface area (TPSA) is 84.7 Å². The third kappa shape index (κ3) is 5.07. The first kappa shape index (κ1) is 26.1. The largest absolute Gasteiger partial charge is 0.444 e. The maximum atomic E-state index is 12.2. The highest BCUT2D eigenvalue weighted by molar-refractivity contribution is 6.31. The minimum atomic E-state index is -0.509. The van der Waals surface area contributed by atoms with Crippen LogP contribution in [0.5, 0.6) is 0 Å². The molecule has 0 spiro atoms. The summed E-state index contributed by atoms with van der Waals surface area (Å²) in [5.74, 6) is 1.28. The van der Waals surface area contributed by atoms with Gasteiger partial charge in [0.25, 0.3) is 5.78 Å². The Morgan fingerprint density at radius 1 is 1.07 bits per heavy atom. The molecule has 0 saturated heterocycles. The van der Waals surface area contributed by atoms with Gasteiger partial charge in [-0.3, -0.25) is 4.40 Å². The van der Waals surface area contributed by atoms with Gasteiger partial charge in [0.2, 0.25) is 0 Å². The first-order valence-electron chi connectivity index (χ1n) is 13.3. The highest BCUT2D eigenvalue weighted by Crippen LogP contribution is 2.48. The number of rotatable bonds is 6. The molecular formula is C31H31ClN6O2. The lowest BCUT2D eigenvalue weighted by atomic mass is 9.93. The molecule has 1 amide bonds. The van der Waals surface area contributed by atoms with E-state index >= 15 is 0 Å². The molecule has 9 heteroatoms. The molecule has 2 heterocycles. The van der Waals surface area contributed by atoms with Crippen molar-refractivity contribution in [1.29, 1.82) is 0 Å². The number of alkyl carbamates (subject to hydrolysis) is 1. The average molecular weight is 555 g/mol. The monoisotopic (exact) mass is 554 g/mol. The van der Waals surface area contributed by atoms with E-state index in [0.29, 0.717) is 17.3 Å². The van der Waals surface area contributed by atoms with E-state index in [-0.39, 0.29) is 11.5 Å². The Morgan fingerprint density at radius 3 is 2.58 bits per heavy atom. The Hall–Kier alpha value is -4.17. The van der Waals surface area contributed by atoms with Gasteiger partial charge < -0.3 is 15.0 Å². The zero-order valence-electron chi connectivity index (χ0n) is 23.0. The highest BCUT2D eigenvalue weighted by atomic mass is 35.5. The van der Waals surface area contributed by atoms with Crippen LogP contribution in [0.25, 0.3) is 27.8 Å². The third-order valence-corrected chi connectivity index (χ3v) is 7.64. The quantitative estimate of drug-likeness (QED) is 0.245. The number of hydrogen-bond donors (Lipinski definition) is 1. The van der Waals surface area contributed by atoms with Crippen molar-refractivity contribution < 1.29 is 9.53 Å². The van der Waals surface area contributed by atoms with Crippen molar-refractivity contribution in [3.8, 4) is 11.1 Å². The average Bonchev–Trinajstić information content (AvgIpc) is 3.58. The Morgan fingerprint density at radius 2 is 1.85 bits per heavy atom. The van der Waals surface area contributed by atoms with Crippen LogP contribution in [0.15, 0.2) is 73.1 Å². The maximum absolute atomic E-state index is 12.2. The number of benzene rings is 3. The highest BCUT2D eigenvalue weighted by Gasteiger charge is 2.44. The maximum Gasteiger partial charge on any atom is 0.407 e. The van der Waals surface area contributed by atoms with E-state index in [4.69, 9.17) is 21.3 Å². The van der Waals surface area contributed by atoms with Crippen LogP contribution in [0.4, 0.5) is 16.3 Å². The van der Waals surface area contributed by atoms with Crippen molar-refractivity contribution in [2.75, 3.05) is 18.5 Å². The number of nitrogens with one attached hydrogen (secondary N) is 1. The van der Waals surface area contributed by atoms with Gasteiger partial charge >= 0.3 is 6.09 Å². The van der Waals surface area contributed by atoms with E-state index in [9.17, 15) is 4.79 Å². The molecule has 1 N–H and O–H groups in total. The standard InChI is InChI=1S/C31H31ClN6O2/c1-30(2,3)40-29(39)33-18-31(14-15-31)22-10-8-20(9-11-22)21-6-5-7-24(16-21)37(4)27-25-13-12-23(32)17-26(25)38-19-34-36-28(38)35-27/h5-13,16-17,19H,14-15,18H2,1-4H3,(H,33,39). The molecule has 1 saturated carbocycles. The molecular weight excluding hydrogens is 524 g/mol. The first-order chi connectivity index (χ1) is 19.1. The summed E-state index contributed by atoms with van der Waals surface area (Å²) in [4.78, 5) is 19.0. The van der Waals surface area contributed by atoms with Crippen molar-refractivity contribution in [3.63, 3.8) is 0 Å². The Balaban J connectivity index is 1.24. The predicted octanol–water partition coefficient (Wildman–Crippen LogP) is 6.92. The van der Waals surface area contributed by atoms with Gasteiger partial charge in [-0.05, 0) is 80.6 Å². The molecule has 204 valence electrons. The molecule has 1 fully saturated rings. The number of carbonyl (C=O) groups excluding carboxylic acids is 1. The van der Waals surface area contributed by atoms with Crippen LogP contribution >= 0.6 is 11.6 Å². The number of nitrogens with zero attached hydrogens (tertiary/aromatic N) is 5. The van der Waals surface area contributed by atoms with Gasteiger partial charge in [0.05, 0.1) is 5.52 Å². The van der Waals surface area contributed by atoms with Crippen molar-refractivity contribution in [2.24, 2.45) is 0 Å². The van der Waals surface area contributed by atoms with Gasteiger partial charge in [-0.25, -0.2) is 4.79 Å². The summed E-state index contributed by atoms with van der Waals surface area (Å²) >= 11 is 6.31. The molecule has 0 radical (unpaired) electrons. The number of anilines is 2. The van der Waals surface area contributed by atoms with E-state index in [1.165, 1.54) is 5.56 Å². The number of amides is 1. The summed E-state index contributed by atoms with van der Waals surface area (Å²) in [6.07, 6.45) is 3.37. The SMILES string of the molecule is CN(c1cccc(-c2ccc(C3(CNC(=O)OC(C)(C)C)CC3)cc2)c1)c1nc2nncn2c2cc(Cl)ccc12. The molecule has 6 rings (SSSR count). The summed E-state index contributed by atoms with van der Waals surface area (Å²) in [6.45, 7) is 6.18. The molecule has 0 bridgehead atoms. The van der Waals surface area contributed by atoms with E-state index in [1.807, 2.05) is 50.4 Å². The predicted molar refractivity (Wildman–Crippen MR) is 158 cm³/mol. The van der Waals surface area contributed by atoms with Crippen LogP contribution in [0.1, 0.15) is 39.2 Å². The second-order valence-electron chi connectivity index (χ2n) is 11.4. The normalized spacial score (nSPS) is 14.3. The number of fused-ring (bicyclic) bond motifs is 3. The molecule has 0 unspecified atom stereocenters. The second kappa shape index (κ2) is 9.78. The van der Waals surface area contributed by atoms with E-state index in [0.717, 1.165) is 46.4 Å². The van der Waals surface area contributed by atoms with Crippen LogP contribution in [-0.2, 0) is 10.2 Å². The van der Waals surface area contributed by atoms with Crippen molar-refractivity contribution in [1.82, 2.24) is 24.9 Å². The summed E-state index contributed by atoms with van der Waals surface area (Å²) in [6, 6.07) is 22.8. The summed E-state index contributed by atoms with van der Waals surface area (Å²) in [5.41, 5.74) is 4.81. The van der Waals surface area contributed by atoms with E-state index in [2.05, 4.69) is 68.9 Å². The molecule has 5 aromatic rings. The minimum absolute atomic E-state index is 0.0204. The number of halogens is 1. The van der Waals surface area contributed by atoms with Crippen LogP contribution < -0.4 is 10.2 Å². The molecule has 40 heavy (non-hydrogen) atoms. The smallest absolute Gasteiger partial charge is 0.407 e. The van der Waals surface area contributed by atoms with Gasteiger partial charge in [0.1, 0.15) is 17.7 Å². The number of aromatic nitrogens is 4. The fourth-order valence-electron chi connectivity index (χ4n) is 5.09. The van der Waals surface area contributed by atoms with Gasteiger partial charge in [-0.2, -0.15) is 4.98 Å². The molecule has 1 aliphatic carbocycles. The summed E-state index contributed by atoms with van der Waals surface area (Å²) < 4.78 is 7.25. The van der Waals surface area contributed by atoms with Crippen LogP contribution in [0.2, 0.25) is 5.02 Å². The Kier molecular flexibility index (Phi) is 6.38. The van der Waals surface area contributed by atoms with Crippen molar-refractivity contribution in [3.05, 3.63) is 83.6 Å². The lowest BCUT2D eigenvalue weighted by Crippen LogP contribution is -2.37. The number of ether oxygens (including phenoxy) is 1.